The molecule has 3 aromatic heterocycles. The first kappa shape index (κ1) is 40.5. The molecule has 2 nitrogen and oxygen atoms in total. The van der Waals surface area contributed by atoms with Crippen LogP contribution in [0.15, 0.2) is 267 Å². The van der Waals surface area contributed by atoms with Crippen molar-refractivity contribution in [3.8, 4) is 33.6 Å². The summed E-state index contributed by atoms with van der Waals surface area (Å²) >= 11 is 1.94. The maximum Gasteiger partial charge on any atom is 0.181 e. The highest BCUT2D eigenvalue weighted by Gasteiger charge is 2.43. The molecule has 0 fully saturated rings. The Bertz CT molecular complexity index is 4190. The van der Waals surface area contributed by atoms with Crippen LogP contribution in [0.25, 0.3) is 97.4 Å². The molecule has 0 aliphatic carbocycles. The third-order valence-corrected chi connectivity index (χ3v) is 20.8. The predicted molar refractivity (Wildman–Crippen MR) is 302 cm³/mol. The Morgan fingerprint density at radius 1 is 0.300 bits per heavy atom. The van der Waals surface area contributed by atoms with Crippen LogP contribution in [-0.2, 0) is 0 Å². The fourth-order valence-corrected chi connectivity index (χ4v) is 18.2. The summed E-state index contributed by atoms with van der Waals surface area (Å²) in [5.41, 5.74) is 11.9. The van der Waals surface area contributed by atoms with E-state index < -0.39 is 8.07 Å². The third kappa shape index (κ3) is 6.17. The number of rotatable bonds is 8. The Balaban J connectivity index is 1.03. The summed E-state index contributed by atoms with van der Waals surface area (Å²) in [6, 6.07) is 99.6. The van der Waals surface area contributed by atoms with E-state index in [1.165, 1.54) is 112 Å². The van der Waals surface area contributed by atoms with Gasteiger partial charge in [0.25, 0.3) is 0 Å². The molecule has 14 aromatic rings. The molecule has 3 heterocycles. The summed E-state index contributed by atoms with van der Waals surface area (Å²) in [6.45, 7) is 0. The Labute approximate surface area is 411 Å². The van der Waals surface area contributed by atoms with Crippen LogP contribution in [0.2, 0.25) is 0 Å². The second-order valence-electron chi connectivity index (χ2n) is 18.4. The topological polar surface area (TPSA) is 9.86 Å². The third-order valence-electron chi connectivity index (χ3n) is 14.6. The minimum atomic E-state index is -2.96. The van der Waals surface area contributed by atoms with Gasteiger partial charge in [-0.05, 0) is 104 Å². The van der Waals surface area contributed by atoms with Gasteiger partial charge in [-0.2, -0.15) is 0 Å². The molecule has 328 valence electrons. The van der Waals surface area contributed by atoms with E-state index >= 15 is 0 Å². The standard InChI is InChI=1S/C66H44N2SSi/c1-5-21-45(22-6-1)46-23-19-24-47(41-46)53-34-20-37-62-65(53)56-33-14-17-36-60(56)67(62)48-39-40-61-57(42-48)54-31-13-16-35-59(54)68(61)49-43-58-55-32-15-18-38-63(55)69-66(58)64(44-49)70(50-25-7-2-8-26-50,51-27-9-3-10-28-51)52-29-11-4-12-30-52/h1-44H. The van der Waals surface area contributed by atoms with Crippen LogP contribution >= 0.6 is 11.3 Å². The lowest BCUT2D eigenvalue weighted by molar-refractivity contribution is 1.17. The molecule has 14 rings (SSSR count). The van der Waals surface area contributed by atoms with Crippen molar-refractivity contribution in [3.63, 3.8) is 0 Å². The first-order valence-electron chi connectivity index (χ1n) is 24.1. The van der Waals surface area contributed by atoms with Gasteiger partial charge >= 0.3 is 0 Å². The number of hydrogen-bond acceptors (Lipinski definition) is 1. The molecule has 0 radical (unpaired) electrons. The fraction of sp³-hybridized carbons (Fsp3) is 0. The molecular formula is C66H44N2SSi. The van der Waals surface area contributed by atoms with Crippen molar-refractivity contribution in [2.75, 3.05) is 0 Å². The number of para-hydroxylation sites is 2. The summed E-state index contributed by atoms with van der Waals surface area (Å²) in [4.78, 5) is 0. The Hall–Kier alpha value is -8.54. The molecule has 4 heteroatoms. The van der Waals surface area contributed by atoms with E-state index in [1.54, 1.807) is 0 Å². The largest absolute Gasteiger partial charge is 0.309 e. The summed E-state index contributed by atoms with van der Waals surface area (Å²) in [6.07, 6.45) is 0. The maximum absolute atomic E-state index is 2.96. The smallest absolute Gasteiger partial charge is 0.181 e. The minimum Gasteiger partial charge on any atom is -0.309 e. The van der Waals surface area contributed by atoms with E-state index in [4.69, 9.17) is 0 Å². The second-order valence-corrected chi connectivity index (χ2v) is 23.2. The number of thiophene rings is 1. The van der Waals surface area contributed by atoms with Crippen molar-refractivity contribution in [1.82, 2.24) is 9.13 Å². The number of hydrogen-bond donors (Lipinski definition) is 0. The Morgan fingerprint density at radius 3 is 1.50 bits per heavy atom. The van der Waals surface area contributed by atoms with E-state index in [2.05, 4.69) is 276 Å². The molecule has 0 aliphatic heterocycles. The van der Waals surface area contributed by atoms with Gasteiger partial charge in [-0.15, -0.1) is 11.3 Å². The van der Waals surface area contributed by atoms with Crippen LogP contribution in [0.1, 0.15) is 0 Å². The van der Waals surface area contributed by atoms with Gasteiger partial charge in [0.1, 0.15) is 0 Å². The van der Waals surface area contributed by atoms with E-state index in [0.29, 0.717) is 0 Å². The summed E-state index contributed by atoms with van der Waals surface area (Å²) in [5.74, 6) is 0. The molecular weight excluding hydrogens is 881 g/mol. The number of fused-ring (bicyclic) bond motifs is 9. The van der Waals surface area contributed by atoms with Crippen LogP contribution in [0.5, 0.6) is 0 Å². The monoisotopic (exact) mass is 924 g/mol. The van der Waals surface area contributed by atoms with Gasteiger partial charge in [0.15, 0.2) is 8.07 Å². The van der Waals surface area contributed by atoms with Crippen LogP contribution in [0.4, 0.5) is 0 Å². The van der Waals surface area contributed by atoms with Crippen molar-refractivity contribution in [2.45, 2.75) is 0 Å². The molecule has 0 N–H and O–H groups in total. The molecule has 11 aromatic carbocycles. The zero-order valence-corrected chi connectivity index (χ0v) is 40.0. The van der Waals surface area contributed by atoms with E-state index in [9.17, 15) is 0 Å². The van der Waals surface area contributed by atoms with E-state index in [-0.39, 0.29) is 0 Å². The molecule has 0 unspecified atom stereocenters. The normalized spacial score (nSPS) is 12.0. The van der Waals surface area contributed by atoms with Gasteiger partial charge in [0.2, 0.25) is 0 Å². The average molecular weight is 925 g/mol. The fourth-order valence-electron chi connectivity index (χ4n) is 11.7. The average Bonchev–Trinajstić information content (AvgIpc) is 4.10. The van der Waals surface area contributed by atoms with E-state index in [0.717, 1.165) is 5.69 Å². The molecule has 0 aliphatic rings. The quantitative estimate of drug-likeness (QED) is 0.106. The first-order valence-corrected chi connectivity index (χ1v) is 26.9. The van der Waals surface area contributed by atoms with Gasteiger partial charge in [0.05, 0.1) is 22.1 Å². The molecule has 0 spiro atoms. The SMILES string of the molecule is c1ccc(-c2cccc(-c3cccc4c3c3ccccc3n4-c3ccc4c(c3)c3ccccc3n4-c3cc([Si](c4ccccc4)(c4ccccc4)c4ccccc4)c4sc5ccccc5c4c3)c2)cc1. The molecule has 0 saturated carbocycles. The van der Waals surface area contributed by atoms with Gasteiger partial charge in [-0.1, -0.05) is 206 Å². The molecule has 70 heavy (non-hydrogen) atoms. The zero-order valence-electron chi connectivity index (χ0n) is 38.2. The lowest BCUT2D eigenvalue weighted by atomic mass is 9.96. The summed E-state index contributed by atoms with van der Waals surface area (Å²) < 4.78 is 7.67. The number of benzene rings is 11. The van der Waals surface area contributed by atoms with Gasteiger partial charge in [-0.25, -0.2) is 0 Å². The lowest BCUT2D eigenvalue weighted by Crippen LogP contribution is -2.74. The van der Waals surface area contributed by atoms with Crippen LogP contribution in [-0.4, -0.2) is 17.2 Å². The van der Waals surface area contributed by atoms with Crippen LogP contribution in [0, 0.1) is 0 Å². The van der Waals surface area contributed by atoms with Crippen molar-refractivity contribution in [1.29, 1.82) is 0 Å². The summed E-state index contributed by atoms with van der Waals surface area (Å²) in [5, 5.41) is 13.1. The lowest BCUT2D eigenvalue weighted by Gasteiger charge is -2.35. The Kier molecular flexibility index (Phi) is 9.44. The minimum absolute atomic E-state index is 1.14. The number of nitrogens with zero attached hydrogens (tertiary/aromatic N) is 2. The maximum atomic E-state index is 2.57. The summed E-state index contributed by atoms with van der Waals surface area (Å²) in [7, 11) is -2.96. The van der Waals surface area contributed by atoms with Crippen LogP contribution in [0.3, 0.4) is 0 Å². The molecule has 0 bridgehead atoms. The molecule has 0 atom stereocenters. The van der Waals surface area contributed by atoms with Gasteiger partial charge < -0.3 is 9.13 Å². The first-order chi connectivity index (χ1) is 34.7. The van der Waals surface area contributed by atoms with Crippen LogP contribution < -0.4 is 20.7 Å². The highest BCUT2D eigenvalue weighted by atomic mass is 32.1. The van der Waals surface area contributed by atoms with Crippen molar-refractivity contribution in [3.05, 3.63) is 267 Å². The predicted octanol–water partition coefficient (Wildman–Crippen LogP) is 15.0. The van der Waals surface area contributed by atoms with Gasteiger partial charge in [-0.3, -0.25) is 0 Å². The van der Waals surface area contributed by atoms with Gasteiger partial charge in [0, 0.05) is 53.1 Å². The van der Waals surface area contributed by atoms with E-state index in [1.807, 2.05) is 11.3 Å². The second kappa shape index (κ2) is 16.3. The zero-order chi connectivity index (χ0) is 46.2. The van der Waals surface area contributed by atoms with Crippen molar-refractivity contribution in [2.24, 2.45) is 0 Å². The molecule has 0 saturated heterocycles. The Morgan fingerprint density at radius 2 is 0.800 bits per heavy atom. The highest BCUT2D eigenvalue weighted by Crippen LogP contribution is 2.42. The molecule has 0 amide bonds. The number of aromatic nitrogens is 2. The van der Waals surface area contributed by atoms with Crippen molar-refractivity contribution < 1.29 is 0 Å². The van der Waals surface area contributed by atoms with Crippen molar-refractivity contribution >= 4 is 104 Å². The highest BCUT2D eigenvalue weighted by molar-refractivity contribution is 7.30.